The SMILES string of the molecule is CCCCCCCCCCCCCC[N+](C)(C)CCCN1C(=O)NC(C)(C)C1=O.[Cl-]. The maximum absolute atomic E-state index is 12.2. The lowest BCUT2D eigenvalue weighted by Gasteiger charge is -2.30. The second kappa shape index (κ2) is 15.1. The van der Waals surface area contributed by atoms with E-state index in [2.05, 4.69) is 26.3 Å². The van der Waals surface area contributed by atoms with Crippen LogP contribution in [0.2, 0.25) is 0 Å². The summed E-state index contributed by atoms with van der Waals surface area (Å²) in [6.07, 6.45) is 17.4. The number of unbranched alkanes of at least 4 members (excludes halogenated alkanes) is 11. The highest BCUT2D eigenvalue weighted by Crippen LogP contribution is 2.17. The van der Waals surface area contributed by atoms with Gasteiger partial charge in [-0.05, 0) is 26.7 Å². The predicted octanol–water partition coefficient (Wildman–Crippen LogP) is 2.49. The molecule has 1 fully saturated rings. The lowest BCUT2D eigenvalue weighted by atomic mass is 10.1. The molecule has 0 unspecified atom stereocenters. The number of hydrogen-bond donors (Lipinski definition) is 1. The van der Waals surface area contributed by atoms with Crippen LogP contribution in [0.3, 0.4) is 0 Å². The first-order valence-corrected chi connectivity index (χ1v) is 12.2. The standard InChI is InChI=1S/C24H47N3O2.ClH/c1-6-7-8-9-10-11-12-13-14-15-16-17-20-27(4,5)21-18-19-26-22(28)24(2,3)25-23(26)29;/h6-21H2,1-5H3;1H. The van der Waals surface area contributed by atoms with Crippen molar-refractivity contribution in [3.63, 3.8) is 0 Å². The summed E-state index contributed by atoms with van der Waals surface area (Å²) in [6.45, 7) is 8.49. The summed E-state index contributed by atoms with van der Waals surface area (Å²) >= 11 is 0. The van der Waals surface area contributed by atoms with Crippen molar-refractivity contribution in [3.05, 3.63) is 0 Å². The van der Waals surface area contributed by atoms with Crippen LogP contribution in [0.15, 0.2) is 0 Å². The number of urea groups is 1. The molecule has 0 spiro atoms. The smallest absolute Gasteiger partial charge is 0.325 e. The number of imide groups is 1. The van der Waals surface area contributed by atoms with Crippen LogP contribution in [-0.2, 0) is 4.79 Å². The molecule has 0 aromatic rings. The molecular formula is C24H48ClN3O2. The van der Waals surface area contributed by atoms with Crippen LogP contribution in [0.5, 0.6) is 0 Å². The molecular weight excluding hydrogens is 398 g/mol. The molecule has 1 aliphatic heterocycles. The maximum Gasteiger partial charge on any atom is 0.325 e. The normalized spacial score (nSPS) is 16.0. The molecule has 178 valence electrons. The third-order valence-electron chi connectivity index (χ3n) is 6.21. The van der Waals surface area contributed by atoms with E-state index in [-0.39, 0.29) is 24.3 Å². The van der Waals surface area contributed by atoms with E-state index in [0.29, 0.717) is 6.54 Å². The van der Waals surface area contributed by atoms with Crippen LogP contribution in [0.25, 0.3) is 0 Å². The van der Waals surface area contributed by atoms with Crippen molar-refractivity contribution in [3.8, 4) is 0 Å². The van der Waals surface area contributed by atoms with Crippen molar-refractivity contribution < 1.29 is 26.5 Å². The van der Waals surface area contributed by atoms with Gasteiger partial charge in [-0.1, -0.05) is 71.1 Å². The summed E-state index contributed by atoms with van der Waals surface area (Å²) in [5.74, 6) is -0.103. The first kappa shape index (κ1) is 29.2. The highest BCUT2D eigenvalue weighted by molar-refractivity contribution is 6.06. The fourth-order valence-corrected chi connectivity index (χ4v) is 4.17. The predicted molar refractivity (Wildman–Crippen MR) is 122 cm³/mol. The van der Waals surface area contributed by atoms with Crippen LogP contribution in [-0.4, -0.2) is 60.6 Å². The molecule has 3 amide bonds. The van der Waals surface area contributed by atoms with Crippen molar-refractivity contribution in [1.82, 2.24) is 10.2 Å². The van der Waals surface area contributed by atoms with Gasteiger partial charge in [0.05, 0.1) is 27.2 Å². The van der Waals surface area contributed by atoms with Gasteiger partial charge in [-0.2, -0.15) is 0 Å². The second-order valence-electron chi connectivity index (χ2n) is 10.1. The fourth-order valence-electron chi connectivity index (χ4n) is 4.17. The van der Waals surface area contributed by atoms with Crippen LogP contribution < -0.4 is 17.7 Å². The molecule has 1 N–H and O–H groups in total. The van der Waals surface area contributed by atoms with Gasteiger partial charge in [0.1, 0.15) is 5.54 Å². The number of nitrogens with one attached hydrogen (secondary N) is 1. The molecule has 1 rings (SSSR count). The second-order valence-corrected chi connectivity index (χ2v) is 10.1. The van der Waals surface area contributed by atoms with Gasteiger partial charge in [0, 0.05) is 13.0 Å². The van der Waals surface area contributed by atoms with E-state index in [1.807, 2.05) is 0 Å². The Morgan fingerprint density at radius 2 is 1.20 bits per heavy atom. The molecule has 0 saturated carbocycles. The zero-order valence-electron chi connectivity index (χ0n) is 20.4. The Hall–Kier alpha value is -0.810. The zero-order chi connectivity index (χ0) is 21.8. The Balaban J connectivity index is 0.00000841. The number of quaternary nitrogens is 1. The van der Waals surface area contributed by atoms with Crippen molar-refractivity contribution in [2.45, 2.75) is 110 Å². The summed E-state index contributed by atoms with van der Waals surface area (Å²) in [5.41, 5.74) is -0.753. The Labute approximate surface area is 192 Å². The van der Waals surface area contributed by atoms with Gasteiger partial charge in [0.2, 0.25) is 0 Å². The first-order valence-electron chi connectivity index (χ1n) is 12.2. The lowest BCUT2D eigenvalue weighted by molar-refractivity contribution is -0.890. The molecule has 0 bridgehead atoms. The van der Waals surface area contributed by atoms with Crippen LogP contribution in [0, 0.1) is 0 Å². The molecule has 1 heterocycles. The maximum atomic E-state index is 12.2. The third kappa shape index (κ3) is 11.5. The summed E-state index contributed by atoms with van der Waals surface area (Å²) in [5, 5.41) is 2.75. The summed E-state index contributed by atoms with van der Waals surface area (Å²) in [4.78, 5) is 25.5. The van der Waals surface area contributed by atoms with E-state index in [1.54, 1.807) is 13.8 Å². The van der Waals surface area contributed by atoms with Gasteiger partial charge in [0.25, 0.3) is 5.91 Å². The topological polar surface area (TPSA) is 49.4 Å². The molecule has 0 aliphatic carbocycles. The van der Waals surface area contributed by atoms with Gasteiger partial charge < -0.3 is 22.2 Å². The average Bonchev–Trinajstić information content (AvgIpc) is 2.84. The molecule has 0 aromatic heterocycles. The molecule has 30 heavy (non-hydrogen) atoms. The van der Waals surface area contributed by atoms with Crippen LogP contribution in [0.4, 0.5) is 4.79 Å². The molecule has 0 aromatic carbocycles. The minimum atomic E-state index is -0.753. The van der Waals surface area contributed by atoms with Crippen molar-refractivity contribution >= 4 is 11.9 Å². The monoisotopic (exact) mass is 445 g/mol. The molecule has 1 aliphatic rings. The molecule has 6 heteroatoms. The quantitative estimate of drug-likeness (QED) is 0.212. The van der Waals surface area contributed by atoms with Gasteiger partial charge in [0.15, 0.2) is 0 Å². The molecule has 1 saturated heterocycles. The number of carbonyl (C=O) groups is 2. The van der Waals surface area contributed by atoms with E-state index in [1.165, 1.54) is 88.5 Å². The lowest BCUT2D eigenvalue weighted by Crippen LogP contribution is -3.00. The largest absolute Gasteiger partial charge is 1.00 e. The van der Waals surface area contributed by atoms with Crippen LogP contribution >= 0.6 is 0 Å². The van der Waals surface area contributed by atoms with Gasteiger partial charge >= 0.3 is 6.03 Å². The number of amides is 3. The van der Waals surface area contributed by atoms with E-state index < -0.39 is 5.54 Å². The Morgan fingerprint density at radius 3 is 1.63 bits per heavy atom. The number of halogens is 1. The fraction of sp³-hybridized carbons (Fsp3) is 0.917. The minimum Gasteiger partial charge on any atom is -1.00 e. The zero-order valence-corrected chi connectivity index (χ0v) is 21.2. The van der Waals surface area contributed by atoms with E-state index in [0.717, 1.165) is 17.4 Å². The van der Waals surface area contributed by atoms with E-state index in [9.17, 15) is 9.59 Å². The molecule has 5 nitrogen and oxygen atoms in total. The Kier molecular flexibility index (Phi) is 14.7. The summed E-state index contributed by atoms with van der Waals surface area (Å²) in [6, 6.07) is -0.244. The number of rotatable bonds is 17. The number of nitrogens with zero attached hydrogens (tertiary/aromatic N) is 2. The molecule has 0 atom stereocenters. The van der Waals surface area contributed by atoms with E-state index in [4.69, 9.17) is 0 Å². The first-order chi connectivity index (χ1) is 13.7. The van der Waals surface area contributed by atoms with Crippen molar-refractivity contribution in [2.75, 3.05) is 33.7 Å². The van der Waals surface area contributed by atoms with E-state index >= 15 is 0 Å². The van der Waals surface area contributed by atoms with Crippen LogP contribution in [0.1, 0.15) is 104 Å². The number of hydrogen-bond acceptors (Lipinski definition) is 2. The van der Waals surface area contributed by atoms with Gasteiger partial charge in [-0.25, -0.2) is 4.79 Å². The summed E-state index contributed by atoms with van der Waals surface area (Å²) in [7, 11) is 4.52. The average molecular weight is 446 g/mol. The Bertz CT molecular complexity index is 495. The number of carbonyl (C=O) groups excluding carboxylic acids is 2. The van der Waals surface area contributed by atoms with Crippen molar-refractivity contribution in [2.24, 2.45) is 0 Å². The van der Waals surface area contributed by atoms with Crippen molar-refractivity contribution in [1.29, 1.82) is 0 Å². The molecule has 0 radical (unpaired) electrons. The highest BCUT2D eigenvalue weighted by Gasteiger charge is 2.43. The summed E-state index contributed by atoms with van der Waals surface area (Å²) < 4.78 is 0.963. The van der Waals surface area contributed by atoms with Gasteiger partial charge in [-0.15, -0.1) is 0 Å². The third-order valence-corrected chi connectivity index (χ3v) is 6.21. The van der Waals surface area contributed by atoms with Gasteiger partial charge in [-0.3, -0.25) is 9.69 Å². The highest BCUT2D eigenvalue weighted by atomic mass is 35.5. The Morgan fingerprint density at radius 1 is 0.767 bits per heavy atom. The minimum absolute atomic E-state index is 0.